The second-order valence-electron chi connectivity index (χ2n) is 6.81. The molecule has 2 unspecified atom stereocenters. The van der Waals surface area contributed by atoms with Gasteiger partial charge in [0.05, 0.1) is 10.8 Å². The van der Waals surface area contributed by atoms with E-state index < -0.39 is 34.1 Å². The van der Waals surface area contributed by atoms with Crippen LogP contribution in [-0.2, 0) is 10.0 Å². The average Bonchev–Trinajstić information content (AvgIpc) is 2.53. The number of carbonyl (C=O) groups is 1. The third-order valence-corrected chi connectivity index (χ3v) is 6.00. The van der Waals surface area contributed by atoms with Gasteiger partial charge in [0.25, 0.3) is 5.91 Å². The second-order valence-corrected chi connectivity index (χ2v) is 8.53. The number of rotatable bonds is 5. The van der Waals surface area contributed by atoms with Gasteiger partial charge in [-0.15, -0.1) is 0 Å². The van der Waals surface area contributed by atoms with Gasteiger partial charge in [0.1, 0.15) is 0 Å². The summed E-state index contributed by atoms with van der Waals surface area (Å²) >= 11 is 0. The summed E-state index contributed by atoms with van der Waals surface area (Å²) in [6, 6.07) is 3.89. The highest BCUT2D eigenvalue weighted by atomic mass is 32.2. The smallest absolute Gasteiger partial charge is 0.349 e. The third kappa shape index (κ3) is 5.20. The quantitative estimate of drug-likeness (QED) is 0.808. The van der Waals surface area contributed by atoms with Gasteiger partial charge in [-0.3, -0.25) is 4.79 Å². The summed E-state index contributed by atoms with van der Waals surface area (Å²) in [7, 11) is -3.69. The number of halogens is 3. The first kappa shape index (κ1) is 20.7. The zero-order valence-corrected chi connectivity index (χ0v) is 15.5. The van der Waals surface area contributed by atoms with E-state index in [0.29, 0.717) is 12.8 Å². The molecule has 0 spiro atoms. The molecule has 2 atom stereocenters. The van der Waals surface area contributed by atoms with E-state index >= 15 is 0 Å². The molecule has 2 N–H and O–H groups in total. The van der Waals surface area contributed by atoms with Crippen LogP contribution >= 0.6 is 0 Å². The fourth-order valence-electron chi connectivity index (χ4n) is 3.11. The summed E-state index contributed by atoms with van der Waals surface area (Å²) in [5.41, 5.74) is 0.125. The highest BCUT2D eigenvalue weighted by Gasteiger charge is 2.46. The van der Waals surface area contributed by atoms with Crippen LogP contribution in [0.2, 0.25) is 0 Å². The van der Waals surface area contributed by atoms with Crippen LogP contribution in [0.4, 0.5) is 13.2 Å². The number of amides is 1. The number of alkyl halides is 3. The van der Waals surface area contributed by atoms with E-state index in [4.69, 9.17) is 0 Å². The number of hydrogen-bond acceptors (Lipinski definition) is 3. The number of sulfonamides is 1. The van der Waals surface area contributed by atoms with Crippen molar-refractivity contribution in [2.24, 2.45) is 5.92 Å². The molecule has 1 fully saturated rings. The highest BCUT2D eigenvalue weighted by Crippen LogP contribution is 2.37. The Labute approximate surface area is 151 Å². The summed E-state index contributed by atoms with van der Waals surface area (Å²) in [4.78, 5) is 12.3. The molecule has 1 saturated carbocycles. The maximum Gasteiger partial charge on any atom is 0.393 e. The second kappa shape index (κ2) is 7.96. The maximum atomic E-state index is 13.1. The summed E-state index contributed by atoms with van der Waals surface area (Å²) in [5.74, 6) is -2.18. The Morgan fingerprint density at radius 2 is 1.69 bits per heavy atom. The van der Waals surface area contributed by atoms with Gasteiger partial charge in [0, 0.05) is 17.6 Å². The van der Waals surface area contributed by atoms with Gasteiger partial charge in [0.15, 0.2) is 0 Å². The monoisotopic (exact) mass is 392 g/mol. The van der Waals surface area contributed by atoms with E-state index in [1.165, 1.54) is 24.3 Å². The number of carbonyl (C=O) groups excluding carboxylic acids is 1. The number of hydrogen-bond donors (Lipinski definition) is 2. The van der Waals surface area contributed by atoms with Crippen LogP contribution in [0, 0.1) is 5.92 Å². The minimum absolute atomic E-state index is 0.00594. The molecule has 1 aromatic rings. The SMILES string of the molecule is CC(C)NS(=O)(=O)c1ccc(C(=O)NC2CCCCC2C(F)(F)F)cc1. The molecular weight excluding hydrogens is 369 g/mol. The third-order valence-electron chi connectivity index (χ3n) is 4.32. The van der Waals surface area contributed by atoms with Crippen LogP contribution in [0.25, 0.3) is 0 Å². The van der Waals surface area contributed by atoms with Gasteiger partial charge in [0.2, 0.25) is 10.0 Å². The molecular formula is C17H23F3N2O3S. The standard InChI is InChI=1S/C17H23F3N2O3S/c1-11(2)22-26(24,25)13-9-7-12(8-10-13)16(23)21-15-6-4-3-5-14(15)17(18,19)20/h7-11,14-15,22H,3-6H2,1-2H3,(H,21,23). The van der Waals surface area contributed by atoms with Crippen LogP contribution in [-0.4, -0.2) is 32.6 Å². The normalized spacial score (nSPS) is 21.6. The summed E-state index contributed by atoms with van der Waals surface area (Å²) in [5, 5.41) is 2.46. The first-order valence-corrected chi connectivity index (χ1v) is 9.99. The Morgan fingerprint density at radius 3 is 2.23 bits per heavy atom. The Hall–Kier alpha value is -1.61. The Morgan fingerprint density at radius 1 is 1.12 bits per heavy atom. The fourth-order valence-corrected chi connectivity index (χ4v) is 4.36. The number of nitrogens with one attached hydrogen (secondary N) is 2. The predicted octanol–water partition coefficient (Wildman–Crippen LogP) is 3.22. The van der Waals surface area contributed by atoms with Crippen molar-refractivity contribution in [1.29, 1.82) is 0 Å². The van der Waals surface area contributed by atoms with E-state index in [-0.39, 0.29) is 29.3 Å². The molecule has 146 valence electrons. The molecule has 2 rings (SSSR count). The van der Waals surface area contributed by atoms with Crippen molar-refractivity contribution >= 4 is 15.9 Å². The first-order chi connectivity index (χ1) is 12.0. The van der Waals surface area contributed by atoms with E-state index in [1.54, 1.807) is 13.8 Å². The van der Waals surface area contributed by atoms with E-state index in [2.05, 4.69) is 10.0 Å². The van der Waals surface area contributed by atoms with Crippen molar-refractivity contribution in [2.75, 3.05) is 0 Å². The molecule has 0 saturated heterocycles. The Balaban J connectivity index is 2.10. The first-order valence-electron chi connectivity index (χ1n) is 8.50. The van der Waals surface area contributed by atoms with E-state index in [1.807, 2.05) is 0 Å². The molecule has 0 heterocycles. The predicted molar refractivity (Wildman–Crippen MR) is 91.2 cm³/mol. The molecule has 5 nitrogen and oxygen atoms in total. The summed E-state index contributed by atoms with van der Waals surface area (Å²) in [6.45, 7) is 3.36. The molecule has 1 aromatic carbocycles. The van der Waals surface area contributed by atoms with Gasteiger partial charge in [-0.1, -0.05) is 12.8 Å². The summed E-state index contributed by atoms with van der Waals surface area (Å²) in [6.07, 6.45) is -2.94. The zero-order chi connectivity index (χ0) is 19.5. The number of benzene rings is 1. The van der Waals surface area contributed by atoms with Crippen LogP contribution in [0.1, 0.15) is 49.9 Å². The topological polar surface area (TPSA) is 75.3 Å². The van der Waals surface area contributed by atoms with Crippen molar-refractivity contribution in [3.63, 3.8) is 0 Å². The maximum absolute atomic E-state index is 13.1. The van der Waals surface area contributed by atoms with Crippen molar-refractivity contribution in [3.8, 4) is 0 Å². The lowest BCUT2D eigenvalue weighted by Gasteiger charge is -2.33. The Bertz CT molecular complexity index is 731. The lowest BCUT2D eigenvalue weighted by molar-refractivity contribution is -0.187. The largest absolute Gasteiger partial charge is 0.393 e. The van der Waals surface area contributed by atoms with Crippen molar-refractivity contribution in [1.82, 2.24) is 10.0 Å². The van der Waals surface area contributed by atoms with Crippen LogP contribution < -0.4 is 10.0 Å². The summed E-state index contributed by atoms with van der Waals surface area (Å²) < 4.78 is 65.9. The van der Waals surface area contributed by atoms with Crippen molar-refractivity contribution in [3.05, 3.63) is 29.8 Å². The van der Waals surface area contributed by atoms with Crippen molar-refractivity contribution in [2.45, 2.75) is 62.7 Å². The minimum Gasteiger partial charge on any atom is -0.349 e. The van der Waals surface area contributed by atoms with E-state index in [0.717, 1.165) is 0 Å². The Kier molecular flexibility index (Phi) is 6.33. The lowest BCUT2D eigenvalue weighted by atomic mass is 9.84. The van der Waals surface area contributed by atoms with Crippen LogP contribution in [0.5, 0.6) is 0 Å². The average molecular weight is 392 g/mol. The molecule has 0 bridgehead atoms. The molecule has 1 aliphatic rings. The minimum atomic E-state index is -4.35. The van der Waals surface area contributed by atoms with E-state index in [9.17, 15) is 26.4 Å². The molecule has 0 aromatic heterocycles. The molecule has 0 radical (unpaired) electrons. The molecule has 1 aliphatic carbocycles. The van der Waals surface area contributed by atoms with Gasteiger partial charge in [-0.2, -0.15) is 13.2 Å². The molecule has 26 heavy (non-hydrogen) atoms. The molecule has 0 aliphatic heterocycles. The molecule has 1 amide bonds. The zero-order valence-electron chi connectivity index (χ0n) is 14.6. The van der Waals surface area contributed by atoms with Gasteiger partial charge < -0.3 is 5.32 Å². The van der Waals surface area contributed by atoms with Crippen molar-refractivity contribution < 1.29 is 26.4 Å². The van der Waals surface area contributed by atoms with Crippen LogP contribution in [0.15, 0.2) is 29.2 Å². The lowest BCUT2D eigenvalue weighted by Crippen LogP contribution is -2.47. The fraction of sp³-hybridized carbons (Fsp3) is 0.588. The van der Waals surface area contributed by atoms with Gasteiger partial charge >= 0.3 is 6.18 Å². The molecule has 9 heteroatoms. The highest BCUT2D eigenvalue weighted by molar-refractivity contribution is 7.89. The van der Waals surface area contributed by atoms with Gasteiger partial charge in [-0.25, -0.2) is 13.1 Å². The van der Waals surface area contributed by atoms with Gasteiger partial charge in [-0.05, 0) is 51.0 Å². The van der Waals surface area contributed by atoms with Crippen LogP contribution in [0.3, 0.4) is 0 Å².